The van der Waals surface area contributed by atoms with Crippen LogP contribution in [0.3, 0.4) is 0 Å². The molecule has 0 saturated heterocycles. The second-order valence-electron chi connectivity index (χ2n) is 3.19. The topological polar surface area (TPSA) is 12.0 Å². The van der Waals surface area contributed by atoms with Crippen molar-refractivity contribution in [3.63, 3.8) is 0 Å². The Morgan fingerprint density at radius 1 is 1.42 bits per heavy atom. The van der Waals surface area contributed by atoms with Crippen LogP contribution >= 0.6 is 0 Å². The average Bonchev–Trinajstić information content (AvgIpc) is 2.40. The quantitative estimate of drug-likeness (QED) is 0.669. The van der Waals surface area contributed by atoms with Crippen molar-refractivity contribution in [2.45, 2.75) is 18.6 Å². The minimum absolute atomic E-state index is 0.0961. The van der Waals surface area contributed by atoms with Crippen molar-refractivity contribution in [1.29, 1.82) is 0 Å². The Kier molecular flexibility index (Phi) is 1.85. The number of rotatable bonds is 1. The summed E-state index contributed by atoms with van der Waals surface area (Å²) in [5.74, 6) is 0. The molecule has 0 amide bonds. The molecule has 0 aromatic heterocycles. The van der Waals surface area contributed by atoms with Crippen molar-refractivity contribution in [2.24, 2.45) is 0 Å². The van der Waals surface area contributed by atoms with Crippen molar-refractivity contribution >= 4 is 0 Å². The molecular formula is C10H12FN. The standard InChI is InChI=1S/C10H12FN/c1-12-10-8-5-3-2-4-7(8)6-9(10)11/h2-5,9-10,12H,6H2,1H3/t9-,10+/m1/s1. The molecule has 0 saturated carbocycles. The molecule has 1 nitrogen and oxygen atoms in total. The highest BCUT2D eigenvalue weighted by molar-refractivity contribution is 5.36. The summed E-state index contributed by atoms with van der Waals surface area (Å²) >= 11 is 0. The van der Waals surface area contributed by atoms with Gasteiger partial charge in [-0.1, -0.05) is 24.3 Å². The second kappa shape index (κ2) is 2.87. The van der Waals surface area contributed by atoms with Crippen LogP contribution in [0, 0.1) is 0 Å². The summed E-state index contributed by atoms with van der Waals surface area (Å²) < 4.78 is 13.3. The van der Waals surface area contributed by atoms with Gasteiger partial charge in [0.05, 0.1) is 6.04 Å². The van der Waals surface area contributed by atoms with Gasteiger partial charge in [-0.05, 0) is 18.2 Å². The fraction of sp³-hybridized carbons (Fsp3) is 0.400. The van der Waals surface area contributed by atoms with Crippen LogP contribution in [-0.4, -0.2) is 13.2 Å². The predicted octanol–water partition coefficient (Wildman–Crippen LogP) is 1.84. The van der Waals surface area contributed by atoms with E-state index in [1.54, 1.807) is 7.05 Å². The number of benzene rings is 1. The maximum atomic E-state index is 13.3. The Morgan fingerprint density at radius 3 is 2.92 bits per heavy atom. The lowest BCUT2D eigenvalue weighted by Crippen LogP contribution is -2.22. The minimum Gasteiger partial charge on any atom is -0.311 e. The van der Waals surface area contributed by atoms with Gasteiger partial charge in [0.15, 0.2) is 0 Å². The molecule has 64 valence electrons. The van der Waals surface area contributed by atoms with E-state index < -0.39 is 6.17 Å². The molecule has 2 rings (SSSR count). The number of hydrogen-bond donors (Lipinski definition) is 1. The van der Waals surface area contributed by atoms with Crippen molar-refractivity contribution in [1.82, 2.24) is 5.32 Å². The van der Waals surface area contributed by atoms with Gasteiger partial charge < -0.3 is 5.32 Å². The van der Waals surface area contributed by atoms with Gasteiger partial charge in [-0.2, -0.15) is 0 Å². The number of alkyl halides is 1. The first kappa shape index (κ1) is 7.74. The molecule has 2 atom stereocenters. The number of halogens is 1. The van der Waals surface area contributed by atoms with Crippen LogP contribution in [-0.2, 0) is 6.42 Å². The Bertz CT molecular complexity index is 285. The van der Waals surface area contributed by atoms with Gasteiger partial charge >= 0.3 is 0 Å². The van der Waals surface area contributed by atoms with E-state index in [1.165, 1.54) is 0 Å². The Hall–Kier alpha value is -0.890. The fourth-order valence-electron chi connectivity index (χ4n) is 1.88. The van der Waals surface area contributed by atoms with Crippen molar-refractivity contribution in [2.75, 3.05) is 7.05 Å². The van der Waals surface area contributed by atoms with Crippen molar-refractivity contribution in [3.8, 4) is 0 Å². The smallest absolute Gasteiger partial charge is 0.123 e. The Balaban J connectivity index is 2.40. The first-order valence-corrected chi connectivity index (χ1v) is 4.22. The SMILES string of the molecule is CN[C@H]1c2ccccc2C[C@H]1F. The van der Waals surface area contributed by atoms with Crippen LogP contribution < -0.4 is 5.32 Å². The summed E-state index contributed by atoms with van der Waals surface area (Å²) in [7, 11) is 1.80. The van der Waals surface area contributed by atoms with Crippen molar-refractivity contribution in [3.05, 3.63) is 35.4 Å². The molecule has 1 aromatic carbocycles. The van der Waals surface area contributed by atoms with E-state index in [0.717, 1.165) is 11.1 Å². The molecule has 2 heteroatoms. The monoisotopic (exact) mass is 165 g/mol. The molecule has 12 heavy (non-hydrogen) atoms. The van der Waals surface area contributed by atoms with Crippen LogP contribution in [0.25, 0.3) is 0 Å². The summed E-state index contributed by atoms with van der Waals surface area (Å²) in [5, 5.41) is 2.99. The molecule has 1 N–H and O–H groups in total. The van der Waals surface area contributed by atoms with Crippen LogP contribution in [0.2, 0.25) is 0 Å². The Labute approximate surface area is 71.6 Å². The van der Waals surface area contributed by atoms with Gasteiger partial charge in [0.1, 0.15) is 6.17 Å². The molecule has 1 aliphatic carbocycles. The zero-order valence-corrected chi connectivity index (χ0v) is 7.05. The lowest BCUT2D eigenvalue weighted by atomic mass is 10.1. The van der Waals surface area contributed by atoms with E-state index >= 15 is 0 Å². The first-order chi connectivity index (χ1) is 5.83. The molecule has 0 heterocycles. The van der Waals surface area contributed by atoms with Crippen LogP contribution in [0.15, 0.2) is 24.3 Å². The second-order valence-corrected chi connectivity index (χ2v) is 3.19. The molecule has 0 bridgehead atoms. The predicted molar refractivity (Wildman–Crippen MR) is 46.8 cm³/mol. The molecule has 0 unspecified atom stereocenters. The molecule has 0 aliphatic heterocycles. The van der Waals surface area contributed by atoms with Gasteiger partial charge in [0.25, 0.3) is 0 Å². The molecule has 0 radical (unpaired) electrons. The third-order valence-electron chi connectivity index (χ3n) is 2.48. The van der Waals surface area contributed by atoms with Gasteiger partial charge in [-0.3, -0.25) is 0 Å². The summed E-state index contributed by atoms with van der Waals surface area (Å²) in [5.41, 5.74) is 2.26. The number of nitrogens with one attached hydrogen (secondary N) is 1. The van der Waals surface area contributed by atoms with Crippen molar-refractivity contribution < 1.29 is 4.39 Å². The average molecular weight is 165 g/mol. The maximum absolute atomic E-state index is 13.3. The number of fused-ring (bicyclic) bond motifs is 1. The van der Waals surface area contributed by atoms with E-state index in [0.29, 0.717) is 6.42 Å². The van der Waals surface area contributed by atoms with Gasteiger partial charge in [0.2, 0.25) is 0 Å². The zero-order chi connectivity index (χ0) is 8.55. The molecular weight excluding hydrogens is 153 g/mol. The van der Waals surface area contributed by atoms with E-state index in [-0.39, 0.29) is 6.04 Å². The normalized spacial score (nSPS) is 27.2. The minimum atomic E-state index is -0.757. The lowest BCUT2D eigenvalue weighted by Gasteiger charge is -2.11. The highest BCUT2D eigenvalue weighted by atomic mass is 19.1. The maximum Gasteiger partial charge on any atom is 0.123 e. The summed E-state index contributed by atoms with van der Waals surface area (Å²) in [6, 6.07) is 7.82. The van der Waals surface area contributed by atoms with Gasteiger partial charge in [-0.25, -0.2) is 4.39 Å². The molecule has 1 aliphatic rings. The molecule has 1 aromatic rings. The van der Waals surface area contributed by atoms with E-state index in [1.807, 2.05) is 24.3 Å². The van der Waals surface area contributed by atoms with Gasteiger partial charge in [-0.15, -0.1) is 0 Å². The first-order valence-electron chi connectivity index (χ1n) is 4.22. The van der Waals surface area contributed by atoms with E-state index in [4.69, 9.17) is 0 Å². The van der Waals surface area contributed by atoms with Crippen LogP contribution in [0.1, 0.15) is 17.2 Å². The summed E-state index contributed by atoms with van der Waals surface area (Å²) in [4.78, 5) is 0. The van der Waals surface area contributed by atoms with Crippen LogP contribution in [0.4, 0.5) is 4.39 Å². The largest absolute Gasteiger partial charge is 0.311 e. The highest BCUT2D eigenvalue weighted by Gasteiger charge is 2.30. The Morgan fingerprint density at radius 2 is 2.17 bits per heavy atom. The highest BCUT2D eigenvalue weighted by Crippen LogP contribution is 2.32. The third-order valence-corrected chi connectivity index (χ3v) is 2.48. The van der Waals surface area contributed by atoms with Gasteiger partial charge in [0, 0.05) is 6.42 Å². The molecule has 0 fully saturated rings. The fourth-order valence-corrected chi connectivity index (χ4v) is 1.88. The van der Waals surface area contributed by atoms with E-state index in [2.05, 4.69) is 5.32 Å². The number of hydrogen-bond acceptors (Lipinski definition) is 1. The summed E-state index contributed by atoms with van der Waals surface area (Å²) in [6.45, 7) is 0. The van der Waals surface area contributed by atoms with E-state index in [9.17, 15) is 4.39 Å². The lowest BCUT2D eigenvalue weighted by molar-refractivity contribution is 0.279. The summed E-state index contributed by atoms with van der Waals surface area (Å²) in [6.07, 6.45) is -0.200. The van der Waals surface area contributed by atoms with Crippen LogP contribution in [0.5, 0.6) is 0 Å². The molecule has 0 spiro atoms. The zero-order valence-electron chi connectivity index (χ0n) is 7.05. The third kappa shape index (κ3) is 1.03.